The van der Waals surface area contributed by atoms with E-state index in [1.807, 2.05) is 0 Å². The van der Waals surface area contributed by atoms with Gasteiger partial charge in [0.15, 0.2) is 0 Å². The predicted molar refractivity (Wildman–Crippen MR) is 74.5 cm³/mol. The number of hydrogen-bond acceptors (Lipinski definition) is 4. The van der Waals surface area contributed by atoms with E-state index in [0.29, 0.717) is 13.2 Å². The van der Waals surface area contributed by atoms with Crippen molar-refractivity contribution in [2.45, 2.75) is 31.9 Å². The second kappa shape index (κ2) is 6.89. The molecule has 1 aliphatic rings. The van der Waals surface area contributed by atoms with Crippen LogP contribution in [-0.2, 0) is 4.74 Å². The first-order valence-electron chi connectivity index (χ1n) is 6.85. The van der Waals surface area contributed by atoms with Gasteiger partial charge in [-0.3, -0.25) is 0 Å². The molecular formula is C15H23NO3. The molecule has 2 atom stereocenters. The highest BCUT2D eigenvalue weighted by molar-refractivity contribution is 5.43. The van der Waals surface area contributed by atoms with Gasteiger partial charge >= 0.3 is 0 Å². The summed E-state index contributed by atoms with van der Waals surface area (Å²) in [7, 11) is 1.60. The molecule has 0 aliphatic carbocycles. The number of hydrogen-bond donors (Lipinski definition) is 2. The van der Waals surface area contributed by atoms with E-state index in [1.165, 1.54) is 11.1 Å². The minimum Gasteiger partial charge on any atom is -0.493 e. The third-order valence-corrected chi connectivity index (χ3v) is 3.46. The Morgan fingerprint density at radius 3 is 3.16 bits per heavy atom. The lowest BCUT2D eigenvalue weighted by molar-refractivity contribution is 0.0625. The summed E-state index contributed by atoms with van der Waals surface area (Å²) < 4.78 is 10.8. The number of fused-ring (bicyclic) bond motifs is 1. The standard InChI is InChI=1S/C15H23NO3/c1-11-5-3-6-13-14(7-4-8-19-15(11)13)16-9-12(17)10-18-2/h3,5-6,12,14,16-17H,4,7-10H2,1-2H3. The van der Waals surface area contributed by atoms with Gasteiger partial charge in [0.2, 0.25) is 0 Å². The van der Waals surface area contributed by atoms with E-state index in [2.05, 4.69) is 30.4 Å². The zero-order valence-corrected chi connectivity index (χ0v) is 11.7. The Morgan fingerprint density at radius 1 is 1.53 bits per heavy atom. The highest BCUT2D eigenvalue weighted by Gasteiger charge is 2.21. The lowest BCUT2D eigenvalue weighted by atomic mass is 9.99. The van der Waals surface area contributed by atoms with Crippen LogP contribution >= 0.6 is 0 Å². The molecule has 106 valence electrons. The molecule has 0 saturated heterocycles. The van der Waals surface area contributed by atoms with E-state index >= 15 is 0 Å². The highest BCUT2D eigenvalue weighted by Crippen LogP contribution is 2.33. The summed E-state index contributed by atoms with van der Waals surface area (Å²) in [6.45, 7) is 3.72. The molecule has 4 nitrogen and oxygen atoms in total. The van der Waals surface area contributed by atoms with Crippen LogP contribution in [0.2, 0.25) is 0 Å². The van der Waals surface area contributed by atoms with Crippen molar-refractivity contribution in [1.82, 2.24) is 5.32 Å². The molecule has 4 heteroatoms. The molecular weight excluding hydrogens is 242 g/mol. The van der Waals surface area contributed by atoms with Crippen molar-refractivity contribution in [1.29, 1.82) is 0 Å². The molecule has 0 saturated carbocycles. The van der Waals surface area contributed by atoms with Crippen LogP contribution in [0.5, 0.6) is 5.75 Å². The van der Waals surface area contributed by atoms with Gasteiger partial charge in [0.25, 0.3) is 0 Å². The van der Waals surface area contributed by atoms with E-state index in [9.17, 15) is 5.11 Å². The number of aliphatic hydroxyl groups excluding tert-OH is 1. The number of para-hydroxylation sites is 1. The van der Waals surface area contributed by atoms with Gasteiger partial charge in [-0.05, 0) is 25.3 Å². The van der Waals surface area contributed by atoms with E-state index in [1.54, 1.807) is 7.11 Å². The zero-order valence-electron chi connectivity index (χ0n) is 11.7. The lowest BCUT2D eigenvalue weighted by Crippen LogP contribution is -2.32. The summed E-state index contributed by atoms with van der Waals surface area (Å²) in [6, 6.07) is 6.47. The van der Waals surface area contributed by atoms with Crippen molar-refractivity contribution in [3.8, 4) is 5.75 Å². The zero-order chi connectivity index (χ0) is 13.7. The van der Waals surface area contributed by atoms with Crippen molar-refractivity contribution < 1.29 is 14.6 Å². The maximum atomic E-state index is 9.73. The van der Waals surface area contributed by atoms with Crippen LogP contribution in [-0.4, -0.2) is 38.1 Å². The van der Waals surface area contributed by atoms with Crippen molar-refractivity contribution in [2.24, 2.45) is 0 Å². The van der Waals surface area contributed by atoms with Gasteiger partial charge in [-0.1, -0.05) is 18.2 Å². The second-order valence-corrected chi connectivity index (χ2v) is 5.05. The molecule has 0 bridgehead atoms. The molecule has 2 unspecified atom stereocenters. The SMILES string of the molecule is COCC(O)CNC1CCCOc2c(C)cccc21. The van der Waals surface area contributed by atoms with Crippen molar-refractivity contribution in [2.75, 3.05) is 26.9 Å². The van der Waals surface area contributed by atoms with Gasteiger partial charge in [-0.25, -0.2) is 0 Å². The number of methoxy groups -OCH3 is 1. The lowest BCUT2D eigenvalue weighted by Gasteiger charge is -2.21. The van der Waals surface area contributed by atoms with Gasteiger partial charge in [0.05, 0.1) is 19.3 Å². The molecule has 0 fully saturated rings. The molecule has 0 spiro atoms. The third kappa shape index (κ3) is 3.69. The monoisotopic (exact) mass is 265 g/mol. The first-order chi connectivity index (χ1) is 9.22. The molecule has 0 aromatic heterocycles. The fourth-order valence-electron chi connectivity index (χ4n) is 2.51. The number of aryl methyl sites for hydroxylation is 1. The summed E-state index contributed by atoms with van der Waals surface area (Å²) in [4.78, 5) is 0. The first kappa shape index (κ1) is 14.3. The van der Waals surface area contributed by atoms with E-state index in [-0.39, 0.29) is 6.04 Å². The van der Waals surface area contributed by atoms with Crippen LogP contribution in [0.25, 0.3) is 0 Å². The van der Waals surface area contributed by atoms with Gasteiger partial charge in [-0.2, -0.15) is 0 Å². The minimum atomic E-state index is -0.470. The number of aliphatic hydroxyl groups is 1. The fraction of sp³-hybridized carbons (Fsp3) is 0.600. The number of benzene rings is 1. The normalized spacial score (nSPS) is 20.3. The Bertz CT molecular complexity index is 408. The van der Waals surface area contributed by atoms with Crippen LogP contribution in [0.15, 0.2) is 18.2 Å². The Morgan fingerprint density at radius 2 is 2.37 bits per heavy atom. The van der Waals surface area contributed by atoms with Gasteiger partial charge in [-0.15, -0.1) is 0 Å². The molecule has 1 aliphatic heterocycles. The van der Waals surface area contributed by atoms with Crippen LogP contribution in [0.3, 0.4) is 0 Å². The summed E-state index contributed by atoms with van der Waals surface area (Å²) in [6.07, 6.45) is 1.57. The Balaban J connectivity index is 2.07. The van der Waals surface area contributed by atoms with Gasteiger partial charge in [0, 0.05) is 25.3 Å². The quantitative estimate of drug-likeness (QED) is 0.852. The topological polar surface area (TPSA) is 50.7 Å². The number of nitrogens with one attached hydrogen (secondary N) is 1. The molecule has 2 rings (SSSR count). The van der Waals surface area contributed by atoms with E-state index < -0.39 is 6.10 Å². The number of rotatable bonds is 5. The summed E-state index contributed by atoms with van der Waals surface area (Å²) >= 11 is 0. The van der Waals surface area contributed by atoms with Crippen molar-refractivity contribution >= 4 is 0 Å². The van der Waals surface area contributed by atoms with Gasteiger partial charge < -0.3 is 19.9 Å². The molecule has 19 heavy (non-hydrogen) atoms. The second-order valence-electron chi connectivity index (χ2n) is 5.05. The predicted octanol–water partition coefficient (Wildman–Crippen LogP) is 1.81. The average molecular weight is 265 g/mol. The molecule has 2 N–H and O–H groups in total. The Hall–Kier alpha value is -1.10. The smallest absolute Gasteiger partial charge is 0.126 e. The maximum Gasteiger partial charge on any atom is 0.126 e. The first-order valence-corrected chi connectivity index (χ1v) is 6.85. The molecule has 0 amide bonds. The van der Waals surface area contributed by atoms with Crippen LogP contribution in [0, 0.1) is 6.92 Å². The van der Waals surface area contributed by atoms with Gasteiger partial charge in [0.1, 0.15) is 5.75 Å². The van der Waals surface area contributed by atoms with Crippen molar-refractivity contribution in [3.63, 3.8) is 0 Å². The largest absolute Gasteiger partial charge is 0.493 e. The van der Waals surface area contributed by atoms with Crippen LogP contribution in [0.1, 0.15) is 30.0 Å². The molecule has 1 aromatic carbocycles. The summed E-state index contributed by atoms with van der Waals surface area (Å²) in [5.41, 5.74) is 2.37. The fourth-order valence-corrected chi connectivity index (χ4v) is 2.51. The third-order valence-electron chi connectivity index (χ3n) is 3.46. The minimum absolute atomic E-state index is 0.240. The van der Waals surface area contributed by atoms with E-state index in [4.69, 9.17) is 9.47 Å². The van der Waals surface area contributed by atoms with Crippen LogP contribution < -0.4 is 10.1 Å². The van der Waals surface area contributed by atoms with E-state index in [0.717, 1.165) is 25.2 Å². The highest BCUT2D eigenvalue weighted by atomic mass is 16.5. The van der Waals surface area contributed by atoms with Crippen molar-refractivity contribution in [3.05, 3.63) is 29.3 Å². The average Bonchev–Trinajstić information content (AvgIpc) is 2.60. The summed E-state index contributed by atoms with van der Waals surface area (Å²) in [5, 5.41) is 13.2. The Labute approximate surface area is 114 Å². The summed E-state index contributed by atoms with van der Waals surface area (Å²) in [5.74, 6) is 0.999. The Kier molecular flexibility index (Phi) is 5.19. The molecule has 0 radical (unpaired) electrons. The number of ether oxygens (including phenoxy) is 2. The molecule has 1 aromatic rings. The van der Waals surface area contributed by atoms with Crippen LogP contribution in [0.4, 0.5) is 0 Å². The maximum absolute atomic E-state index is 9.73. The molecule has 1 heterocycles.